The lowest BCUT2D eigenvalue weighted by Crippen LogP contribution is -2.40. The Morgan fingerprint density at radius 1 is 1.09 bits per heavy atom. The third-order valence-electron chi connectivity index (χ3n) is 5.44. The molecule has 1 aliphatic rings. The molecule has 0 saturated heterocycles. The number of carbonyl (C=O) groups is 2. The second kappa shape index (κ2) is 11.3. The summed E-state index contributed by atoms with van der Waals surface area (Å²) in [6.45, 7) is 4.75. The number of hydrogen-bond acceptors (Lipinski definition) is 8. The summed E-state index contributed by atoms with van der Waals surface area (Å²) >= 11 is 0. The Hall–Kier alpha value is -4.18. The van der Waals surface area contributed by atoms with E-state index in [1.807, 2.05) is 37.4 Å². The first kappa shape index (κ1) is 25.4. The molecule has 35 heavy (non-hydrogen) atoms. The van der Waals surface area contributed by atoms with Crippen LogP contribution in [0.25, 0.3) is 0 Å². The van der Waals surface area contributed by atoms with Gasteiger partial charge in [0.05, 0.1) is 17.2 Å². The van der Waals surface area contributed by atoms with Crippen molar-refractivity contribution in [3.8, 4) is 0 Å². The molecule has 10 nitrogen and oxygen atoms in total. The van der Waals surface area contributed by atoms with Gasteiger partial charge in [-0.15, -0.1) is 0 Å². The van der Waals surface area contributed by atoms with E-state index in [9.17, 15) is 24.8 Å². The number of carboxylic acids is 1. The van der Waals surface area contributed by atoms with Gasteiger partial charge in [0.1, 0.15) is 0 Å². The number of esters is 1. The van der Waals surface area contributed by atoms with Gasteiger partial charge in [0, 0.05) is 36.6 Å². The lowest BCUT2D eigenvalue weighted by molar-refractivity contribution is -0.384. The Kier molecular flexibility index (Phi) is 8.21. The number of non-ortho nitro benzene ring substituents is 1. The fraction of sp³-hybridized carbons (Fsp3) is 0.280. The fourth-order valence-electron chi connectivity index (χ4n) is 3.89. The van der Waals surface area contributed by atoms with Crippen LogP contribution in [0.4, 0.5) is 11.4 Å². The molecule has 0 radical (unpaired) electrons. The summed E-state index contributed by atoms with van der Waals surface area (Å²) in [5.41, 5.74) is 1.54. The number of carboxylic acid groups (broad SMARTS) is 1. The average Bonchev–Trinajstić information content (AvgIpc) is 2.81. The van der Waals surface area contributed by atoms with Crippen LogP contribution in [-0.2, 0) is 20.9 Å². The SMILES string of the molecule is CC1=C(C(=O)O)N(c2cccc([N+](=O)[O-])c2)C(C(=O)OCCCN(C)Cc2ccccc2)=C(C)N1. The number of ether oxygens (including phenoxy) is 1. The second-order valence-corrected chi connectivity index (χ2v) is 8.20. The number of benzene rings is 2. The van der Waals surface area contributed by atoms with Gasteiger partial charge in [-0.25, -0.2) is 9.59 Å². The molecule has 10 heteroatoms. The summed E-state index contributed by atoms with van der Waals surface area (Å²) in [6, 6.07) is 15.5. The molecule has 0 bridgehead atoms. The standard InChI is InChI=1S/C25H28N4O6/c1-17-22(24(30)31)28(20-11-7-12-21(15-20)29(33)34)23(18(2)26-17)25(32)35-14-8-13-27(3)16-19-9-5-4-6-10-19/h4-7,9-12,15,26H,8,13-14,16H2,1-3H3,(H,30,31). The molecule has 2 aromatic carbocycles. The number of anilines is 1. The van der Waals surface area contributed by atoms with Crippen molar-refractivity contribution in [1.29, 1.82) is 0 Å². The minimum Gasteiger partial charge on any atom is -0.477 e. The normalized spacial score (nSPS) is 13.7. The van der Waals surface area contributed by atoms with Crippen molar-refractivity contribution < 1.29 is 24.4 Å². The molecule has 0 atom stereocenters. The van der Waals surface area contributed by atoms with E-state index in [-0.39, 0.29) is 29.4 Å². The van der Waals surface area contributed by atoms with Crippen molar-refractivity contribution in [3.05, 3.63) is 93.1 Å². The quantitative estimate of drug-likeness (QED) is 0.227. The molecule has 0 aromatic heterocycles. The van der Waals surface area contributed by atoms with Crippen LogP contribution in [0.1, 0.15) is 25.8 Å². The molecule has 0 spiro atoms. The highest BCUT2D eigenvalue weighted by molar-refractivity contribution is 6.02. The van der Waals surface area contributed by atoms with E-state index in [0.29, 0.717) is 24.4 Å². The van der Waals surface area contributed by atoms with Crippen LogP contribution in [0.15, 0.2) is 77.4 Å². The number of nitrogens with zero attached hydrogens (tertiary/aromatic N) is 3. The average molecular weight is 481 g/mol. The van der Waals surface area contributed by atoms with E-state index in [1.165, 1.54) is 34.7 Å². The van der Waals surface area contributed by atoms with Crippen LogP contribution in [-0.4, -0.2) is 47.1 Å². The van der Waals surface area contributed by atoms with Gasteiger partial charge in [0.25, 0.3) is 5.69 Å². The molecule has 0 unspecified atom stereocenters. The van der Waals surface area contributed by atoms with Gasteiger partial charge < -0.3 is 20.1 Å². The number of allylic oxidation sites excluding steroid dienone is 2. The summed E-state index contributed by atoms with van der Waals surface area (Å²) in [5.74, 6) is -2.01. The molecular formula is C25H28N4O6. The molecule has 0 saturated carbocycles. The Balaban J connectivity index is 1.74. The van der Waals surface area contributed by atoms with Gasteiger partial charge >= 0.3 is 11.9 Å². The molecule has 1 heterocycles. The third kappa shape index (κ3) is 6.24. The highest BCUT2D eigenvalue weighted by Crippen LogP contribution is 2.33. The first-order valence-corrected chi connectivity index (χ1v) is 11.0. The number of nitro groups is 1. The molecule has 0 fully saturated rings. The summed E-state index contributed by atoms with van der Waals surface area (Å²) in [5, 5.41) is 24.0. The van der Waals surface area contributed by atoms with Crippen LogP contribution in [0.5, 0.6) is 0 Å². The largest absolute Gasteiger partial charge is 0.477 e. The van der Waals surface area contributed by atoms with Crippen LogP contribution >= 0.6 is 0 Å². The molecule has 0 amide bonds. The minimum absolute atomic E-state index is 0.0360. The third-order valence-corrected chi connectivity index (χ3v) is 5.44. The summed E-state index contributed by atoms with van der Waals surface area (Å²) in [7, 11) is 1.98. The first-order chi connectivity index (χ1) is 16.7. The van der Waals surface area contributed by atoms with Crippen LogP contribution in [0.3, 0.4) is 0 Å². The first-order valence-electron chi connectivity index (χ1n) is 11.0. The van der Waals surface area contributed by atoms with E-state index >= 15 is 0 Å². The summed E-state index contributed by atoms with van der Waals surface area (Å²) < 4.78 is 5.49. The minimum atomic E-state index is -1.29. The lowest BCUT2D eigenvalue weighted by Gasteiger charge is -2.33. The molecule has 184 valence electrons. The lowest BCUT2D eigenvalue weighted by atomic mass is 10.1. The van der Waals surface area contributed by atoms with Gasteiger partial charge in [-0.05, 0) is 38.9 Å². The van der Waals surface area contributed by atoms with Gasteiger partial charge in [-0.3, -0.25) is 15.0 Å². The Labute approximate surface area is 203 Å². The number of hydrogen-bond donors (Lipinski definition) is 2. The van der Waals surface area contributed by atoms with Crippen molar-refractivity contribution in [1.82, 2.24) is 10.2 Å². The van der Waals surface area contributed by atoms with Crippen molar-refractivity contribution in [2.24, 2.45) is 0 Å². The van der Waals surface area contributed by atoms with Crippen molar-refractivity contribution in [2.45, 2.75) is 26.8 Å². The number of nitro benzene ring substituents is 1. The topological polar surface area (TPSA) is 125 Å². The predicted molar refractivity (Wildman–Crippen MR) is 130 cm³/mol. The maximum Gasteiger partial charge on any atom is 0.357 e. The molecule has 2 N–H and O–H groups in total. The smallest absolute Gasteiger partial charge is 0.357 e. The monoisotopic (exact) mass is 480 g/mol. The van der Waals surface area contributed by atoms with E-state index in [1.54, 1.807) is 13.8 Å². The predicted octanol–water partition coefficient (Wildman–Crippen LogP) is 3.62. The fourth-order valence-corrected chi connectivity index (χ4v) is 3.89. The maximum atomic E-state index is 13.1. The van der Waals surface area contributed by atoms with Crippen LogP contribution in [0, 0.1) is 10.1 Å². The zero-order valence-electron chi connectivity index (χ0n) is 19.9. The second-order valence-electron chi connectivity index (χ2n) is 8.20. The van der Waals surface area contributed by atoms with Crippen molar-refractivity contribution in [3.63, 3.8) is 0 Å². The van der Waals surface area contributed by atoms with E-state index < -0.39 is 16.9 Å². The summed E-state index contributed by atoms with van der Waals surface area (Å²) in [4.78, 5) is 39.2. The number of carbonyl (C=O) groups excluding carboxylic acids is 1. The van der Waals surface area contributed by atoms with E-state index in [0.717, 1.165) is 6.54 Å². The molecule has 2 aromatic rings. The van der Waals surface area contributed by atoms with Crippen LogP contribution in [0.2, 0.25) is 0 Å². The Morgan fingerprint density at radius 3 is 2.43 bits per heavy atom. The molecular weight excluding hydrogens is 452 g/mol. The zero-order chi connectivity index (χ0) is 25.5. The van der Waals surface area contributed by atoms with Gasteiger partial charge in [0.2, 0.25) is 0 Å². The van der Waals surface area contributed by atoms with Gasteiger partial charge in [-0.2, -0.15) is 0 Å². The highest BCUT2D eigenvalue weighted by atomic mass is 16.6. The summed E-state index contributed by atoms with van der Waals surface area (Å²) in [6.07, 6.45) is 0.576. The Morgan fingerprint density at radius 2 is 1.77 bits per heavy atom. The van der Waals surface area contributed by atoms with Crippen molar-refractivity contribution in [2.75, 3.05) is 25.1 Å². The Bertz CT molecular complexity index is 1180. The van der Waals surface area contributed by atoms with E-state index in [4.69, 9.17) is 4.74 Å². The molecule has 0 aliphatic carbocycles. The highest BCUT2D eigenvalue weighted by Gasteiger charge is 2.35. The van der Waals surface area contributed by atoms with E-state index in [2.05, 4.69) is 10.2 Å². The van der Waals surface area contributed by atoms with Crippen LogP contribution < -0.4 is 10.2 Å². The van der Waals surface area contributed by atoms with Gasteiger partial charge in [-0.1, -0.05) is 36.4 Å². The van der Waals surface area contributed by atoms with Gasteiger partial charge in [0.15, 0.2) is 11.4 Å². The number of rotatable bonds is 10. The van der Waals surface area contributed by atoms with Crippen molar-refractivity contribution >= 4 is 23.3 Å². The maximum absolute atomic E-state index is 13.1. The zero-order valence-corrected chi connectivity index (χ0v) is 19.9. The molecule has 3 rings (SSSR count). The number of aliphatic carboxylic acids is 1. The molecule has 1 aliphatic heterocycles. The number of nitrogens with one attached hydrogen (secondary N) is 1.